The van der Waals surface area contributed by atoms with Crippen LogP contribution in [0.2, 0.25) is 0 Å². The molecule has 0 bridgehead atoms. The number of nitrogens with two attached hydrogens (primary N) is 1. The summed E-state index contributed by atoms with van der Waals surface area (Å²) in [6.07, 6.45) is 0.577. The van der Waals surface area contributed by atoms with Crippen LogP contribution in [0.5, 0.6) is 0 Å². The second kappa shape index (κ2) is 3.58. The molecule has 1 aliphatic heterocycles. The lowest BCUT2D eigenvalue weighted by atomic mass is 10.1. The molecule has 1 aromatic heterocycles. The van der Waals surface area contributed by atoms with Crippen LogP contribution in [0.25, 0.3) is 11.3 Å². The first-order valence-electron chi connectivity index (χ1n) is 5.63. The van der Waals surface area contributed by atoms with E-state index in [0.29, 0.717) is 28.4 Å². The SMILES string of the molecule is Cn1nc(-c2cccc3c2S(=O)(=O)CC3)cc1N. The molecule has 0 atom stereocenters. The molecule has 1 aromatic carbocycles. The molecule has 0 aliphatic carbocycles. The standard InChI is InChI=1S/C12H13N3O2S/c1-15-11(13)7-10(14-15)9-4-2-3-8-5-6-18(16,17)12(8)9/h2-4,7H,5-6,13H2,1H3. The van der Waals surface area contributed by atoms with Gasteiger partial charge >= 0.3 is 0 Å². The summed E-state index contributed by atoms with van der Waals surface area (Å²) in [7, 11) is -1.45. The highest BCUT2D eigenvalue weighted by atomic mass is 32.2. The van der Waals surface area contributed by atoms with Crippen molar-refractivity contribution >= 4 is 15.7 Å². The van der Waals surface area contributed by atoms with Crippen LogP contribution >= 0.6 is 0 Å². The average Bonchev–Trinajstić information content (AvgIpc) is 2.81. The third-order valence-corrected chi connectivity index (χ3v) is 5.09. The van der Waals surface area contributed by atoms with Crippen molar-refractivity contribution in [3.8, 4) is 11.3 Å². The zero-order valence-electron chi connectivity index (χ0n) is 9.92. The zero-order valence-corrected chi connectivity index (χ0v) is 10.7. The maximum absolute atomic E-state index is 12.1. The summed E-state index contributed by atoms with van der Waals surface area (Å²) < 4.78 is 25.7. The zero-order chi connectivity index (χ0) is 12.9. The van der Waals surface area contributed by atoms with Crippen molar-refractivity contribution in [2.75, 3.05) is 11.5 Å². The van der Waals surface area contributed by atoms with Gasteiger partial charge in [-0.05, 0) is 12.0 Å². The first kappa shape index (κ1) is 11.3. The molecule has 18 heavy (non-hydrogen) atoms. The van der Waals surface area contributed by atoms with E-state index < -0.39 is 9.84 Å². The Hall–Kier alpha value is -1.82. The fourth-order valence-corrected chi connectivity index (χ4v) is 4.08. The molecular weight excluding hydrogens is 250 g/mol. The predicted molar refractivity (Wildman–Crippen MR) is 68.8 cm³/mol. The summed E-state index contributed by atoms with van der Waals surface area (Å²) >= 11 is 0. The highest BCUT2D eigenvalue weighted by Crippen LogP contribution is 2.35. The normalized spacial score (nSPS) is 16.7. The molecular formula is C12H13N3O2S. The topological polar surface area (TPSA) is 78.0 Å². The van der Waals surface area contributed by atoms with Crippen molar-refractivity contribution in [2.45, 2.75) is 11.3 Å². The van der Waals surface area contributed by atoms with Crippen LogP contribution in [0.1, 0.15) is 5.56 Å². The summed E-state index contributed by atoms with van der Waals surface area (Å²) in [4.78, 5) is 0.420. The fraction of sp³-hybridized carbons (Fsp3) is 0.250. The number of nitrogens with zero attached hydrogens (tertiary/aromatic N) is 2. The highest BCUT2D eigenvalue weighted by Gasteiger charge is 2.30. The summed E-state index contributed by atoms with van der Waals surface area (Å²) in [6.45, 7) is 0. The number of fused-ring (bicyclic) bond motifs is 1. The van der Waals surface area contributed by atoms with Gasteiger partial charge in [0, 0.05) is 18.7 Å². The van der Waals surface area contributed by atoms with Crippen LogP contribution in [0.3, 0.4) is 0 Å². The number of benzene rings is 1. The van der Waals surface area contributed by atoms with Crippen LogP contribution in [-0.2, 0) is 23.3 Å². The minimum Gasteiger partial charge on any atom is -0.384 e. The van der Waals surface area contributed by atoms with E-state index in [2.05, 4.69) is 5.10 Å². The van der Waals surface area contributed by atoms with Crippen LogP contribution in [0.15, 0.2) is 29.2 Å². The number of nitrogen functional groups attached to an aromatic ring is 1. The summed E-state index contributed by atoms with van der Waals surface area (Å²) in [5, 5.41) is 4.25. The number of hydrogen-bond donors (Lipinski definition) is 1. The van der Waals surface area contributed by atoms with Crippen LogP contribution < -0.4 is 5.73 Å². The molecule has 2 heterocycles. The van der Waals surface area contributed by atoms with Crippen molar-refractivity contribution in [2.24, 2.45) is 7.05 Å². The van der Waals surface area contributed by atoms with Crippen molar-refractivity contribution in [3.05, 3.63) is 29.8 Å². The Kier molecular flexibility index (Phi) is 2.25. The largest absolute Gasteiger partial charge is 0.384 e. The monoisotopic (exact) mass is 263 g/mol. The lowest BCUT2D eigenvalue weighted by molar-refractivity contribution is 0.600. The second-order valence-electron chi connectivity index (χ2n) is 4.44. The Morgan fingerprint density at radius 1 is 1.39 bits per heavy atom. The van der Waals surface area contributed by atoms with Crippen molar-refractivity contribution in [1.29, 1.82) is 0 Å². The smallest absolute Gasteiger partial charge is 0.179 e. The molecule has 0 fully saturated rings. The van der Waals surface area contributed by atoms with Crippen LogP contribution in [0, 0.1) is 0 Å². The Labute approximate surface area is 105 Å². The first-order valence-corrected chi connectivity index (χ1v) is 7.29. The van der Waals surface area contributed by atoms with E-state index in [-0.39, 0.29) is 5.75 Å². The van der Waals surface area contributed by atoms with Gasteiger partial charge in [-0.15, -0.1) is 0 Å². The molecule has 1 aliphatic rings. The van der Waals surface area contributed by atoms with Crippen molar-refractivity contribution in [1.82, 2.24) is 9.78 Å². The average molecular weight is 263 g/mol. The van der Waals surface area contributed by atoms with Crippen molar-refractivity contribution in [3.63, 3.8) is 0 Å². The number of aryl methyl sites for hydroxylation is 2. The molecule has 3 rings (SSSR count). The minimum absolute atomic E-state index is 0.182. The van der Waals surface area contributed by atoms with E-state index in [0.717, 1.165) is 5.56 Å². The number of anilines is 1. The van der Waals surface area contributed by atoms with Gasteiger partial charge in [-0.2, -0.15) is 5.10 Å². The molecule has 2 aromatic rings. The first-order chi connectivity index (χ1) is 8.49. The summed E-state index contributed by atoms with van der Waals surface area (Å²) in [6, 6.07) is 7.20. The molecule has 5 nitrogen and oxygen atoms in total. The summed E-state index contributed by atoms with van der Waals surface area (Å²) in [5.41, 5.74) is 7.87. The molecule has 2 N–H and O–H groups in total. The van der Waals surface area contributed by atoms with Gasteiger partial charge in [0.25, 0.3) is 0 Å². The van der Waals surface area contributed by atoms with Gasteiger partial charge in [-0.1, -0.05) is 18.2 Å². The molecule has 0 amide bonds. The van der Waals surface area contributed by atoms with E-state index in [1.165, 1.54) is 4.68 Å². The van der Waals surface area contributed by atoms with E-state index in [1.807, 2.05) is 12.1 Å². The van der Waals surface area contributed by atoms with Gasteiger partial charge in [-0.3, -0.25) is 4.68 Å². The number of sulfone groups is 1. The Morgan fingerprint density at radius 2 is 2.17 bits per heavy atom. The van der Waals surface area contributed by atoms with Gasteiger partial charge < -0.3 is 5.73 Å². The molecule has 0 saturated heterocycles. The Bertz CT molecular complexity index is 712. The second-order valence-corrected chi connectivity index (χ2v) is 6.49. The number of hydrogen-bond acceptors (Lipinski definition) is 4. The Balaban J connectivity index is 2.29. The summed E-state index contributed by atoms with van der Waals surface area (Å²) in [5.74, 6) is 0.694. The third-order valence-electron chi connectivity index (χ3n) is 3.24. The highest BCUT2D eigenvalue weighted by molar-refractivity contribution is 7.91. The van der Waals surface area contributed by atoms with E-state index in [9.17, 15) is 8.42 Å². The molecule has 0 spiro atoms. The molecule has 0 radical (unpaired) electrons. The quantitative estimate of drug-likeness (QED) is 0.832. The third kappa shape index (κ3) is 1.53. The lowest BCUT2D eigenvalue weighted by Gasteiger charge is -2.04. The lowest BCUT2D eigenvalue weighted by Crippen LogP contribution is -2.01. The van der Waals surface area contributed by atoms with Crippen LogP contribution in [-0.4, -0.2) is 24.0 Å². The van der Waals surface area contributed by atoms with Gasteiger partial charge in [0.2, 0.25) is 0 Å². The van der Waals surface area contributed by atoms with Crippen LogP contribution in [0.4, 0.5) is 5.82 Å². The number of aromatic nitrogens is 2. The Morgan fingerprint density at radius 3 is 2.83 bits per heavy atom. The van der Waals surface area contributed by atoms with Gasteiger partial charge in [-0.25, -0.2) is 8.42 Å². The fourth-order valence-electron chi connectivity index (χ4n) is 2.31. The van der Waals surface area contributed by atoms with Gasteiger partial charge in [0.1, 0.15) is 5.82 Å². The van der Waals surface area contributed by atoms with E-state index in [4.69, 9.17) is 5.73 Å². The van der Waals surface area contributed by atoms with E-state index in [1.54, 1.807) is 19.2 Å². The number of rotatable bonds is 1. The van der Waals surface area contributed by atoms with Gasteiger partial charge in [0.05, 0.1) is 16.3 Å². The molecule has 0 saturated carbocycles. The molecule has 6 heteroatoms. The minimum atomic E-state index is -3.18. The predicted octanol–water partition coefficient (Wildman–Crippen LogP) is 0.999. The van der Waals surface area contributed by atoms with Crippen molar-refractivity contribution < 1.29 is 8.42 Å². The molecule has 94 valence electrons. The maximum Gasteiger partial charge on any atom is 0.179 e. The molecule has 0 unspecified atom stereocenters. The van der Waals surface area contributed by atoms with Gasteiger partial charge in [0.15, 0.2) is 9.84 Å². The van der Waals surface area contributed by atoms with E-state index >= 15 is 0 Å². The maximum atomic E-state index is 12.1.